The van der Waals surface area contributed by atoms with Gasteiger partial charge in [0.25, 0.3) is 0 Å². The van der Waals surface area contributed by atoms with Gasteiger partial charge in [0.05, 0.1) is 6.04 Å². The Morgan fingerprint density at radius 2 is 2.05 bits per heavy atom. The van der Waals surface area contributed by atoms with Crippen LogP contribution in [0.1, 0.15) is 40.5 Å². The van der Waals surface area contributed by atoms with Crippen molar-refractivity contribution in [3.05, 3.63) is 0 Å². The molecule has 6 nitrogen and oxygen atoms in total. The molecule has 0 aromatic rings. The number of rotatable bonds is 3. The number of nitrogens with two attached hydrogens (primary N) is 1. The van der Waals surface area contributed by atoms with Crippen molar-refractivity contribution >= 4 is 12.0 Å². The van der Waals surface area contributed by atoms with Gasteiger partial charge in [-0.3, -0.25) is 4.79 Å². The van der Waals surface area contributed by atoms with Crippen LogP contribution in [0.15, 0.2) is 0 Å². The van der Waals surface area contributed by atoms with E-state index in [-0.39, 0.29) is 18.0 Å². The summed E-state index contributed by atoms with van der Waals surface area (Å²) >= 11 is 0. The van der Waals surface area contributed by atoms with Gasteiger partial charge in [0.15, 0.2) is 0 Å². The molecule has 116 valence electrons. The molecule has 0 bridgehead atoms. The van der Waals surface area contributed by atoms with Crippen molar-refractivity contribution in [3.63, 3.8) is 0 Å². The minimum atomic E-state index is -0.512. The maximum atomic E-state index is 12.0. The Hall–Kier alpha value is -1.30. The van der Waals surface area contributed by atoms with Gasteiger partial charge in [0, 0.05) is 26.2 Å². The zero-order chi connectivity index (χ0) is 15.5. The van der Waals surface area contributed by atoms with Crippen LogP contribution in [0.5, 0.6) is 0 Å². The fourth-order valence-corrected chi connectivity index (χ4v) is 2.31. The number of ether oxygens (including phenoxy) is 1. The molecule has 1 saturated heterocycles. The zero-order valence-corrected chi connectivity index (χ0v) is 13.2. The Morgan fingerprint density at radius 3 is 2.55 bits per heavy atom. The van der Waals surface area contributed by atoms with Crippen molar-refractivity contribution in [2.45, 2.75) is 58.2 Å². The van der Waals surface area contributed by atoms with Crippen LogP contribution in [0.4, 0.5) is 4.79 Å². The summed E-state index contributed by atoms with van der Waals surface area (Å²) in [5.41, 5.74) is 5.14. The smallest absolute Gasteiger partial charge is 0.410 e. The molecule has 2 atom stereocenters. The van der Waals surface area contributed by atoms with Gasteiger partial charge in [-0.2, -0.15) is 0 Å². The highest BCUT2D eigenvalue weighted by molar-refractivity contribution is 5.81. The predicted octanol–water partition coefficient (Wildman–Crippen LogP) is 1.19. The Labute approximate surface area is 121 Å². The maximum absolute atomic E-state index is 12.0. The summed E-state index contributed by atoms with van der Waals surface area (Å²) in [6.07, 6.45) is 1.48. The van der Waals surface area contributed by atoms with Gasteiger partial charge < -0.3 is 20.3 Å². The van der Waals surface area contributed by atoms with Crippen molar-refractivity contribution in [2.24, 2.45) is 5.73 Å². The largest absolute Gasteiger partial charge is 0.444 e. The molecule has 1 aliphatic rings. The van der Waals surface area contributed by atoms with Crippen molar-refractivity contribution in [1.29, 1.82) is 0 Å². The summed E-state index contributed by atoms with van der Waals surface area (Å²) in [5.74, 6) is -0.0508. The van der Waals surface area contributed by atoms with Gasteiger partial charge in [-0.1, -0.05) is 0 Å². The molecule has 2 N–H and O–H groups in total. The molecule has 0 saturated carbocycles. The van der Waals surface area contributed by atoms with E-state index < -0.39 is 11.6 Å². The number of carbonyl (C=O) groups is 2. The summed E-state index contributed by atoms with van der Waals surface area (Å²) in [4.78, 5) is 27.2. The maximum Gasteiger partial charge on any atom is 0.410 e. The van der Waals surface area contributed by atoms with Crippen LogP contribution in [-0.4, -0.2) is 59.6 Å². The van der Waals surface area contributed by atoms with E-state index in [2.05, 4.69) is 0 Å². The third-order valence-corrected chi connectivity index (χ3v) is 3.24. The molecule has 0 radical (unpaired) electrons. The van der Waals surface area contributed by atoms with Crippen LogP contribution in [0, 0.1) is 0 Å². The Bertz CT molecular complexity index is 363. The van der Waals surface area contributed by atoms with Crippen molar-refractivity contribution in [3.8, 4) is 0 Å². The molecule has 1 heterocycles. The minimum Gasteiger partial charge on any atom is -0.444 e. The SMILES string of the molecule is C[C@H](N)C(=O)N1CCCC1CN(C)C(=O)OC(C)(C)C. The first kappa shape index (κ1) is 16.8. The summed E-state index contributed by atoms with van der Waals surface area (Å²) in [5, 5.41) is 0. The molecular weight excluding hydrogens is 258 g/mol. The molecule has 2 amide bonds. The molecule has 0 aromatic heterocycles. The number of likely N-dealkylation sites (tertiary alicyclic amines) is 1. The lowest BCUT2D eigenvalue weighted by molar-refractivity contribution is -0.133. The molecule has 20 heavy (non-hydrogen) atoms. The van der Waals surface area contributed by atoms with E-state index in [1.165, 1.54) is 4.90 Å². The molecule has 1 unspecified atom stereocenters. The fourth-order valence-electron chi connectivity index (χ4n) is 2.31. The molecule has 1 aliphatic heterocycles. The lowest BCUT2D eigenvalue weighted by Gasteiger charge is -2.31. The van der Waals surface area contributed by atoms with E-state index in [1.807, 2.05) is 20.8 Å². The standard InChI is InChI=1S/C14H27N3O3/c1-10(15)12(18)17-8-6-7-11(17)9-16(5)13(19)20-14(2,3)4/h10-11H,6-9,15H2,1-5H3/t10-,11?/m0/s1. The van der Waals surface area contributed by atoms with Crippen molar-refractivity contribution < 1.29 is 14.3 Å². The molecule has 1 fully saturated rings. The highest BCUT2D eigenvalue weighted by Crippen LogP contribution is 2.19. The van der Waals surface area contributed by atoms with E-state index >= 15 is 0 Å². The first-order valence-electron chi connectivity index (χ1n) is 7.12. The van der Waals surface area contributed by atoms with Gasteiger partial charge in [-0.25, -0.2) is 4.79 Å². The third-order valence-electron chi connectivity index (χ3n) is 3.24. The number of hydrogen-bond donors (Lipinski definition) is 1. The van der Waals surface area contributed by atoms with Crippen LogP contribution < -0.4 is 5.73 Å². The molecule has 1 rings (SSSR count). The molecular formula is C14H27N3O3. The van der Waals surface area contributed by atoms with Gasteiger partial charge in [-0.05, 0) is 40.5 Å². The lowest BCUT2D eigenvalue weighted by Crippen LogP contribution is -2.49. The Balaban J connectivity index is 2.58. The third kappa shape index (κ3) is 4.67. The van der Waals surface area contributed by atoms with Crippen LogP contribution in [0.2, 0.25) is 0 Å². The number of nitrogens with zero attached hydrogens (tertiary/aromatic N) is 2. The number of hydrogen-bond acceptors (Lipinski definition) is 4. The predicted molar refractivity (Wildman–Crippen MR) is 77.2 cm³/mol. The second-order valence-corrected chi connectivity index (χ2v) is 6.48. The van der Waals surface area contributed by atoms with E-state index in [0.717, 1.165) is 12.8 Å². The van der Waals surface area contributed by atoms with Gasteiger partial charge in [0.2, 0.25) is 5.91 Å². The summed E-state index contributed by atoms with van der Waals surface area (Å²) in [7, 11) is 1.70. The van der Waals surface area contributed by atoms with Gasteiger partial charge in [-0.15, -0.1) is 0 Å². The van der Waals surface area contributed by atoms with E-state index in [4.69, 9.17) is 10.5 Å². The number of amides is 2. The number of carbonyl (C=O) groups excluding carboxylic acids is 2. The summed E-state index contributed by atoms with van der Waals surface area (Å²) < 4.78 is 5.31. The Kier molecular flexibility index (Phi) is 5.39. The second-order valence-electron chi connectivity index (χ2n) is 6.48. The zero-order valence-electron chi connectivity index (χ0n) is 13.2. The quantitative estimate of drug-likeness (QED) is 0.845. The molecule has 6 heteroatoms. The fraction of sp³-hybridized carbons (Fsp3) is 0.857. The second kappa shape index (κ2) is 6.43. The average molecular weight is 285 g/mol. The van der Waals surface area contributed by atoms with Crippen molar-refractivity contribution in [1.82, 2.24) is 9.80 Å². The Morgan fingerprint density at radius 1 is 1.45 bits per heavy atom. The first-order chi connectivity index (χ1) is 9.11. The molecule has 0 aromatic carbocycles. The molecule has 0 spiro atoms. The van der Waals surface area contributed by atoms with Crippen LogP contribution in [-0.2, 0) is 9.53 Å². The first-order valence-corrected chi connectivity index (χ1v) is 7.12. The lowest BCUT2D eigenvalue weighted by atomic mass is 10.2. The molecule has 0 aliphatic carbocycles. The van der Waals surface area contributed by atoms with Crippen molar-refractivity contribution in [2.75, 3.05) is 20.1 Å². The highest BCUT2D eigenvalue weighted by Gasteiger charge is 2.32. The number of likely N-dealkylation sites (N-methyl/N-ethyl adjacent to an activating group) is 1. The van der Waals surface area contributed by atoms with Crippen LogP contribution in [0.3, 0.4) is 0 Å². The van der Waals surface area contributed by atoms with E-state index in [0.29, 0.717) is 13.1 Å². The summed E-state index contributed by atoms with van der Waals surface area (Å²) in [6.45, 7) is 8.39. The summed E-state index contributed by atoms with van der Waals surface area (Å²) in [6, 6.07) is -0.464. The minimum absolute atomic E-state index is 0.0334. The van der Waals surface area contributed by atoms with Gasteiger partial charge >= 0.3 is 6.09 Å². The van der Waals surface area contributed by atoms with Gasteiger partial charge in [0.1, 0.15) is 5.60 Å². The topological polar surface area (TPSA) is 75.9 Å². The highest BCUT2D eigenvalue weighted by atomic mass is 16.6. The monoisotopic (exact) mass is 285 g/mol. The normalized spacial score (nSPS) is 20.7. The van der Waals surface area contributed by atoms with Crippen LogP contribution >= 0.6 is 0 Å². The van der Waals surface area contributed by atoms with E-state index in [9.17, 15) is 9.59 Å². The average Bonchev–Trinajstić information content (AvgIpc) is 2.73. The van der Waals surface area contributed by atoms with Crippen LogP contribution in [0.25, 0.3) is 0 Å². The van der Waals surface area contributed by atoms with E-state index in [1.54, 1.807) is 18.9 Å².